The van der Waals surface area contributed by atoms with Crippen LogP contribution in [-0.4, -0.2) is 22.0 Å². The van der Waals surface area contributed by atoms with Gasteiger partial charge in [0.05, 0.1) is 16.8 Å². The molecule has 0 aliphatic heterocycles. The van der Waals surface area contributed by atoms with E-state index in [0.29, 0.717) is 27.7 Å². The van der Waals surface area contributed by atoms with Crippen molar-refractivity contribution in [3.8, 4) is 11.3 Å². The number of nitrogens with zero attached hydrogens (tertiary/aromatic N) is 1. The predicted octanol–water partition coefficient (Wildman–Crippen LogP) is 4.88. The lowest BCUT2D eigenvalue weighted by Gasteiger charge is -2.16. The minimum Gasteiger partial charge on any atom is -0.479 e. The van der Waals surface area contributed by atoms with Crippen LogP contribution in [0.3, 0.4) is 0 Å². The van der Waals surface area contributed by atoms with Gasteiger partial charge in [-0.05, 0) is 17.7 Å². The lowest BCUT2D eigenvalue weighted by molar-refractivity contribution is -0.139. The first kappa shape index (κ1) is 21.0. The second kappa shape index (κ2) is 9.20. The molecule has 0 radical (unpaired) electrons. The number of hydrogen-bond acceptors (Lipinski definition) is 3. The lowest BCUT2D eigenvalue weighted by atomic mass is 10.0. The van der Waals surface area contributed by atoms with E-state index in [9.17, 15) is 14.7 Å². The third kappa shape index (κ3) is 4.31. The number of carboxylic acids is 1. The van der Waals surface area contributed by atoms with Gasteiger partial charge in [-0.3, -0.25) is 4.79 Å². The molecular weight excluding hydrogens is 400 g/mol. The average Bonchev–Trinajstić information content (AvgIpc) is 2.77. The number of carboxylic acid groups (broad SMARTS) is 1. The zero-order chi connectivity index (χ0) is 20.2. The number of carbonyl (C=O) groups is 2. The van der Waals surface area contributed by atoms with Gasteiger partial charge < -0.3 is 10.4 Å². The highest BCUT2D eigenvalue weighted by Crippen LogP contribution is 2.25. The van der Waals surface area contributed by atoms with E-state index in [1.54, 1.807) is 36.4 Å². The molecule has 30 heavy (non-hydrogen) atoms. The van der Waals surface area contributed by atoms with Crippen molar-refractivity contribution in [1.82, 2.24) is 10.3 Å². The Balaban J connectivity index is 0.00000256. The topological polar surface area (TPSA) is 79.3 Å². The molecule has 0 saturated carbocycles. The molecule has 1 heterocycles. The molecule has 0 aliphatic carbocycles. The maximum atomic E-state index is 13.1. The van der Waals surface area contributed by atoms with Crippen molar-refractivity contribution >= 4 is 35.2 Å². The molecule has 150 valence electrons. The second-order valence-electron chi connectivity index (χ2n) is 6.59. The van der Waals surface area contributed by atoms with Crippen molar-refractivity contribution in [3.63, 3.8) is 0 Å². The summed E-state index contributed by atoms with van der Waals surface area (Å²) >= 11 is 0. The molecule has 4 aromatic rings. The summed E-state index contributed by atoms with van der Waals surface area (Å²) in [5.41, 5.74) is 3.10. The van der Waals surface area contributed by atoms with Crippen molar-refractivity contribution in [2.75, 3.05) is 0 Å². The van der Waals surface area contributed by atoms with Crippen molar-refractivity contribution < 1.29 is 14.7 Å². The van der Waals surface area contributed by atoms with E-state index in [1.165, 1.54) is 0 Å². The number of carbonyl (C=O) groups excluding carboxylic acids is 1. The van der Waals surface area contributed by atoms with Crippen LogP contribution in [0.15, 0.2) is 91.0 Å². The molecule has 1 amide bonds. The molecule has 0 aliphatic rings. The smallest absolute Gasteiger partial charge is 0.330 e. The maximum Gasteiger partial charge on any atom is 0.330 e. The van der Waals surface area contributed by atoms with Gasteiger partial charge in [-0.25, -0.2) is 9.78 Å². The first-order valence-electron chi connectivity index (χ1n) is 9.17. The standard InChI is InChI=1S/C24H18N2O3.ClH/c27-23(26-22(24(28)29)17-11-5-2-6-12-17)19-15-21(16-9-3-1-4-10-16)25-20-14-8-7-13-18(19)20;/h1-15,22H,(H,26,27)(H,28,29);1H/t22-;/m1./s1. The number of aliphatic carboxylic acids is 1. The number of rotatable bonds is 5. The van der Waals surface area contributed by atoms with Crippen molar-refractivity contribution in [3.05, 3.63) is 102 Å². The Hall–Kier alpha value is -3.70. The summed E-state index contributed by atoms with van der Waals surface area (Å²) < 4.78 is 0. The number of fused-ring (bicyclic) bond motifs is 1. The van der Waals surface area contributed by atoms with Gasteiger partial charge in [0.25, 0.3) is 5.91 Å². The van der Waals surface area contributed by atoms with E-state index in [-0.39, 0.29) is 12.4 Å². The van der Waals surface area contributed by atoms with E-state index < -0.39 is 17.9 Å². The highest BCUT2D eigenvalue weighted by Gasteiger charge is 2.24. The van der Waals surface area contributed by atoms with Gasteiger partial charge in [-0.1, -0.05) is 78.9 Å². The highest BCUT2D eigenvalue weighted by atomic mass is 35.5. The molecule has 3 aromatic carbocycles. The molecule has 0 unspecified atom stereocenters. The first-order valence-corrected chi connectivity index (χ1v) is 9.17. The molecule has 6 heteroatoms. The van der Waals surface area contributed by atoms with E-state index in [0.717, 1.165) is 5.56 Å². The van der Waals surface area contributed by atoms with Crippen LogP contribution in [-0.2, 0) is 4.79 Å². The first-order chi connectivity index (χ1) is 14.1. The van der Waals surface area contributed by atoms with Crippen LogP contribution >= 0.6 is 12.4 Å². The predicted molar refractivity (Wildman–Crippen MR) is 119 cm³/mol. The number of nitrogens with one attached hydrogen (secondary N) is 1. The number of aromatic nitrogens is 1. The Bertz CT molecular complexity index is 1180. The van der Waals surface area contributed by atoms with Crippen LogP contribution in [0.4, 0.5) is 0 Å². The summed E-state index contributed by atoms with van der Waals surface area (Å²) in [6.45, 7) is 0. The molecule has 0 bridgehead atoms. The van der Waals surface area contributed by atoms with Crippen LogP contribution in [0, 0.1) is 0 Å². The molecule has 0 fully saturated rings. The summed E-state index contributed by atoms with van der Waals surface area (Å²) in [5, 5.41) is 13.0. The summed E-state index contributed by atoms with van der Waals surface area (Å²) in [4.78, 5) is 29.6. The molecule has 2 N–H and O–H groups in total. The minimum atomic E-state index is -1.14. The van der Waals surface area contributed by atoms with E-state index >= 15 is 0 Å². The van der Waals surface area contributed by atoms with Gasteiger partial charge in [0, 0.05) is 10.9 Å². The molecule has 1 atom stereocenters. The Kier molecular flexibility index (Phi) is 6.45. The van der Waals surface area contributed by atoms with Crippen LogP contribution < -0.4 is 5.32 Å². The summed E-state index contributed by atoms with van der Waals surface area (Å²) in [7, 11) is 0. The quantitative estimate of drug-likeness (QED) is 0.484. The third-order valence-corrected chi connectivity index (χ3v) is 4.69. The van der Waals surface area contributed by atoms with Crippen molar-refractivity contribution in [2.45, 2.75) is 6.04 Å². The van der Waals surface area contributed by atoms with E-state index in [2.05, 4.69) is 10.3 Å². The minimum absolute atomic E-state index is 0. The molecule has 1 aromatic heterocycles. The third-order valence-electron chi connectivity index (χ3n) is 4.69. The monoisotopic (exact) mass is 418 g/mol. The number of hydrogen-bond donors (Lipinski definition) is 2. The van der Waals surface area contributed by atoms with Crippen LogP contribution in [0.25, 0.3) is 22.2 Å². The number of para-hydroxylation sites is 1. The van der Waals surface area contributed by atoms with Gasteiger partial charge in [0.15, 0.2) is 6.04 Å². The second-order valence-corrected chi connectivity index (χ2v) is 6.59. The Morgan fingerprint density at radius 2 is 1.43 bits per heavy atom. The highest BCUT2D eigenvalue weighted by molar-refractivity contribution is 6.08. The van der Waals surface area contributed by atoms with Gasteiger partial charge >= 0.3 is 5.97 Å². The van der Waals surface area contributed by atoms with Crippen LogP contribution in [0.1, 0.15) is 22.0 Å². The van der Waals surface area contributed by atoms with Crippen LogP contribution in [0.2, 0.25) is 0 Å². The molecule has 4 rings (SSSR count). The fraction of sp³-hybridized carbons (Fsp3) is 0.0417. The normalized spacial score (nSPS) is 11.3. The fourth-order valence-electron chi connectivity index (χ4n) is 3.26. The average molecular weight is 419 g/mol. The van der Waals surface area contributed by atoms with Gasteiger partial charge in [0.2, 0.25) is 0 Å². The molecule has 0 saturated heterocycles. The van der Waals surface area contributed by atoms with E-state index in [4.69, 9.17) is 0 Å². The Morgan fingerprint density at radius 1 is 0.833 bits per heavy atom. The van der Waals surface area contributed by atoms with Gasteiger partial charge in [0.1, 0.15) is 0 Å². The van der Waals surface area contributed by atoms with Crippen molar-refractivity contribution in [2.24, 2.45) is 0 Å². The van der Waals surface area contributed by atoms with Gasteiger partial charge in [-0.15, -0.1) is 12.4 Å². The number of pyridine rings is 1. The fourth-order valence-corrected chi connectivity index (χ4v) is 3.26. The summed E-state index contributed by atoms with van der Waals surface area (Å²) in [5.74, 6) is -1.58. The number of benzene rings is 3. The van der Waals surface area contributed by atoms with Crippen LogP contribution in [0.5, 0.6) is 0 Å². The Labute approximate surface area is 179 Å². The zero-order valence-corrected chi connectivity index (χ0v) is 16.7. The molecule has 0 spiro atoms. The van der Waals surface area contributed by atoms with E-state index in [1.807, 2.05) is 54.6 Å². The lowest BCUT2D eigenvalue weighted by Crippen LogP contribution is -2.33. The Morgan fingerprint density at radius 3 is 2.10 bits per heavy atom. The summed E-state index contributed by atoms with van der Waals surface area (Å²) in [6.07, 6.45) is 0. The zero-order valence-electron chi connectivity index (χ0n) is 15.9. The number of amides is 1. The largest absolute Gasteiger partial charge is 0.479 e. The molecular formula is C24H19ClN2O3. The summed E-state index contributed by atoms with van der Waals surface area (Å²) in [6, 6.07) is 26.1. The number of halogens is 1. The van der Waals surface area contributed by atoms with Crippen molar-refractivity contribution in [1.29, 1.82) is 0 Å². The molecule has 5 nitrogen and oxygen atoms in total. The SMILES string of the molecule is Cl.O=C(N[C@@H](C(=O)O)c1ccccc1)c1cc(-c2ccccc2)nc2ccccc12. The van der Waals surface area contributed by atoms with Gasteiger partial charge in [-0.2, -0.15) is 0 Å². The maximum absolute atomic E-state index is 13.1.